The van der Waals surface area contributed by atoms with Crippen LogP contribution in [-0.2, 0) is 4.74 Å². The molecule has 0 aliphatic rings. The molecule has 0 aliphatic carbocycles. The van der Waals surface area contributed by atoms with Crippen molar-refractivity contribution < 1.29 is 4.74 Å². The number of anilines is 3. The lowest BCUT2D eigenvalue weighted by Gasteiger charge is -2.12. The van der Waals surface area contributed by atoms with Gasteiger partial charge >= 0.3 is 0 Å². The lowest BCUT2D eigenvalue weighted by Crippen LogP contribution is -2.17. The van der Waals surface area contributed by atoms with Crippen LogP contribution in [0.15, 0.2) is 0 Å². The van der Waals surface area contributed by atoms with Crippen LogP contribution in [0.4, 0.5) is 17.8 Å². The van der Waals surface area contributed by atoms with Crippen molar-refractivity contribution in [2.24, 2.45) is 0 Å². The average molecular weight is 240 g/mol. The van der Waals surface area contributed by atoms with Gasteiger partial charge in [0.05, 0.1) is 0 Å². The molecule has 0 spiro atoms. The first-order chi connectivity index (χ1) is 8.13. The van der Waals surface area contributed by atoms with Crippen LogP contribution < -0.4 is 16.0 Å². The van der Waals surface area contributed by atoms with E-state index in [0.717, 1.165) is 26.2 Å². The van der Waals surface area contributed by atoms with Crippen molar-refractivity contribution in [3.05, 3.63) is 0 Å². The van der Waals surface area contributed by atoms with Crippen molar-refractivity contribution in [1.82, 2.24) is 15.0 Å². The zero-order chi connectivity index (χ0) is 12.7. The second-order valence-corrected chi connectivity index (χ2v) is 3.69. The molecule has 17 heavy (non-hydrogen) atoms. The van der Waals surface area contributed by atoms with E-state index in [9.17, 15) is 0 Å². The first-order valence-electron chi connectivity index (χ1n) is 5.64. The minimum Gasteiger partial charge on any atom is -0.382 e. The average Bonchev–Trinajstić information content (AvgIpc) is 2.28. The summed E-state index contributed by atoms with van der Waals surface area (Å²) >= 11 is 0. The summed E-state index contributed by atoms with van der Waals surface area (Å²) in [5.74, 6) is 1.26. The molecule has 7 nitrogen and oxygen atoms in total. The molecule has 0 aromatic carbocycles. The van der Waals surface area contributed by atoms with Crippen LogP contribution in [0.3, 0.4) is 0 Å². The predicted octanol–water partition coefficient (Wildman–Crippen LogP) is 0.358. The third kappa shape index (κ3) is 4.81. The molecule has 0 aliphatic heterocycles. The Hall–Kier alpha value is -1.63. The normalized spacial score (nSPS) is 10.3. The van der Waals surface area contributed by atoms with Crippen LogP contribution in [0, 0.1) is 0 Å². The van der Waals surface area contributed by atoms with Crippen molar-refractivity contribution >= 4 is 17.8 Å². The SMILES string of the molecule is CCOCCCNc1nc(N)nc(N(C)C)n1. The predicted molar refractivity (Wildman–Crippen MR) is 68.2 cm³/mol. The number of aromatic nitrogens is 3. The molecular formula is C10H20N6O. The summed E-state index contributed by atoms with van der Waals surface area (Å²) in [6.07, 6.45) is 0.900. The zero-order valence-electron chi connectivity index (χ0n) is 10.6. The first kappa shape index (κ1) is 13.4. The van der Waals surface area contributed by atoms with E-state index in [0.29, 0.717) is 11.9 Å². The van der Waals surface area contributed by atoms with E-state index >= 15 is 0 Å². The summed E-state index contributed by atoms with van der Waals surface area (Å²) < 4.78 is 5.23. The smallest absolute Gasteiger partial charge is 0.231 e. The van der Waals surface area contributed by atoms with E-state index in [-0.39, 0.29) is 5.95 Å². The molecule has 0 amide bonds. The third-order valence-corrected chi connectivity index (χ3v) is 1.99. The van der Waals surface area contributed by atoms with Crippen molar-refractivity contribution in [2.45, 2.75) is 13.3 Å². The van der Waals surface area contributed by atoms with E-state index in [1.54, 1.807) is 4.90 Å². The van der Waals surface area contributed by atoms with Gasteiger partial charge < -0.3 is 20.7 Å². The second-order valence-electron chi connectivity index (χ2n) is 3.69. The first-order valence-corrected chi connectivity index (χ1v) is 5.64. The van der Waals surface area contributed by atoms with E-state index in [2.05, 4.69) is 20.3 Å². The van der Waals surface area contributed by atoms with Gasteiger partial charge in [-0.05, 0) is 13.3 Å². The molecule has 0 atom stereocenters. The summed E-state index contributed by atoms with van der Waals surface area (Å²) in [7, 11) is 3.71. The van der Waals surface area contributed by atoms with Crippen LogP contribution in [0.2, 0.25) is 0 Å². The van der Waals surface area contributed by atoms with Crippen LogP contribution >= 0.6 is 0 Å². The number of hydrogen-bond donors (Lipinski definition) is 2. The van der Waals surface area contributed by atoms with Gasteiger partial charge in [0.25, 0.3) is 0 Å². The molecular weight excluding hydrogens is 220 g/mol. The number of rotatable bonds is 7. The van der Waals surface area contributed by atoms with Gasteiger partial charge in [0.15, 0.2) is 0 Å². The van der Waals surface area contributed by atoms with Crippen LogP contribution in [0.1, 0.15) is 13.3 Å². The number of nitrogens with two attached hydrogens (primary N) is 1. The Morgan fingerprint density at radius 1 is 1.29 bits per heavy atom. The Kier molecular flexibility index (Phi) is 5.41. The highest BCUT2D eigenvalue weighted by Gasteiger charge is 2.05. The summed E-state index contributed by atoms with van der Waals surface area (Å²) in [6.45, 7) is 4.19. The van der Waals surface area contributed by atoms with Gasteiger partial charge in [-0.15, -0.1) is 0 Å². The molecule has 0 saturated carbocycles. The fourth-order valence-electron chi connectivity index (χ4n) is 1.18. The van der Waals surface area contributed by atoms with Crippen LogP contribution in [0.5, 0.6) is 0 Å². The summed E-state index contributed by atoms with van der Waals surface area (Å²) in [6, 6.07) is 0. The molecule has 7 heteroatoms. The van der Waals surface area contributed by atoms with Crippen molar-refractivity contribution in [3.8, 4) is 0 Å². The van der Waals surface area contributed by atoms with Gasteiger partial charge in [-0.2, -0.15) is 15.0 Å². The Morgan fingerprint density at radius 2 is 2.06 bits per heavy atom. The Balaban J connectivity index is 2.47. The Morgan fingerprint density at radius 3 is 2.71 bits per heavy atom. The highest BCUT2D eigenvalue weighted by atomic mass is 16.5. The van der Waals surface area contributed by atoms with Crippen molar-refractivity contribution in [1.29, 1.82) is 0 Å². The van der Waals surface area contributed by atoms with E-state index in [4.69, 9.17) is 10.5 Å². The van der Waals surface area contributed by atoms with Crippen LogP contribution in [0.25, 0.3) is 0 Å². The van der Waals surface area contributed by atoms with E-state index in [1.807, 2.05) is 21.0 Å². The lowest BCUT2D eigenvalue weighted by atomic mass is 10.4. The van der Waals surface area contributed by atoms with Gasteiger partial charge in [-0.25, -0.2) is 0 Å². The third-order valence-electron chi connectivity index (χ3n) is 1.99. The quantitative estimate of drug-likeness (QED) is 0.665. The number of nitrogens with one attached hydrogen (secondary N) is 1. The molecule has 0 unspecified atom stereocenters. The van der Waals surface area contributed by atoms with E-state index < -0.39 is 0 Å². The number of hydrogen-bond acceptors (Lipinski definition) is 7. The van der Waals surface area contributed by atoms with Gasteiger partial charge in [0.1, 0.15) is 0 Å². The molecule has 1 aromatic rings. The summed E-state index contributed by atoms with van der Waals surface area (Å²) in [4.78, 5) is 14.0. The maximum atomic E-state index is 5.60. The zero-order valence-corrected chi connectivity index (χ0v) is 10.6. The molecule has 0 radical (unpaired) electrons. The number of nitrogens with zero attached hydrogens (tertiary/aromatic N) is 4. The number of ether oxygens (including phenoxy) is 1. The maximum Gasteiger partial charge on any atom is 0.231 e. The molecule has 1 aromatic heterocycles. The van der Waals surface area contributed by atoms with Crippen molar-refractivity contribution in [3.63, 3.8) is 0 Å². The van der Waals surface area contributed by atoms with E-state index in [1.165, 1.54) is 0 Å². The monoisotopic (exact) mass is 240 g/mol. The highest BCUT2D eigenvalue weighted by Crippen LogP contribution is 2.08. The molecule has 96 valence electrons. The lowest BCUT2D eigenvalue weighted by molar-refractivity contribution is 0.147. The highest BCUT2D eigenvalue weighted by molar-refractivity contribution is 5.40. The topological polar surface area (TPSA) is 89.2 Å². The van der Waals surface area contributed by atoms with Crippen molar-refractivity contribution in [2.75, 3.05) is 49.8 Å². The van der Waals surface area contributed by atoms with Gasteiger partial charge in [-0.1, -0.05) is 0 Å². The molecule has 1 rings (SSSR count). The Labute approximate surface area is 101 Å². The minimum atomic E-state index is 0.219. The fourth-order valence-corrected chi connectivity index (χ4v) is 1.18. The molecule has 1 heterocycles. The minimum absolute atomic E-state index is 0.219. The maximum absolute atomic E-state index is 5.60. The molecule has 0 saturated heterocycles. The van der Waals surface area contributed by atoms with Gasteiger partial charge in [0.2, 0.25) is 17.8 Å². The Bertz CT molecular complexity index is 344. The molecule has 0 bridgehead atoms. The molecule has 3 N–H and O–H groups in total. The molecule has 0 fully saturated rings. The standard InChI is InChI=1S/C10H20N6O/c1-4-17-7-5-6-12-9-13-8(11)14-10(15-9)16(2)3/h4-7H2,1-3H3,(H3,11,12,13,14,15). The summed E-state index contributed by atoms with van der Waals surface area (Å²) in [5, 5.41) is 3.09. The largest absolute Gasteiger partial charge is 0.382 e. The van der Waals surface area contributed by atoms with Crippen LogP contribution in [-0.4, -0.2) is 48.8 Å². The fraction of sp³-hybridized carbons (Fsp3) is 0.700. The van der Waals surface area contributed by atoms with Gasteiger partial charge in [0, 0.05) is 33.9 Å². The van der Waals surface area contributed by atoms with Gasteiger partial charge in [-0.3, -0.25) is 0 Å². The second kappa shape index (κ2) is 6.85. The number of nitrogen functional groups attached to an aromatic ring is 1. The summed E-state index contributed by atoms with van der Waals surface area (Å²) in [5.41, 5.74) is 5.60.